The molecule has 0 radical (unpaired) electrons. The SMILES string of the molecule is CCCc1ccc(-c2ccc(CCc3ccc(-c4ccc(C)cc4F)cc3)c(F)c2F)cc1. The fourth-order valence-electron chi connectivity index (χ4n) is 4.13. The Labute approximate surface area is 193 Å². The van der Waals surface area contributed by atoms with E-state index in [-0.39, 0.29) is 11.4 Å². The van der Waals surface area contributed by atoms with Gasteiger partial charge in [-0.2, -0.15) is 0 Å². The maximum absolute atomic E-state index is 14.8. The number of halogens is 3. The normalized spacial score (nSPS) is 11.1. The van der Waals surface area contributed by atoms with Crippen LogP contribution in [0.15, 0.2) is 78.9 Å². The Hall–Kier alpha value is -3.33. The van der Waals surface area contributed by atoms with Crippen molar-refractivity contribution in [1.82, 2.24) is 0 Å². The second kappa shape index (κ2) is 10.1. The summed E-state index contributed by atoms with van der Waals surface area (Å²) in [4.78, 5) is 0. The first kappa shape index (κ1) is 22.8. The summed E-state index contributed by atoms with van der Waals surface area (Å²) in [6.07, 6.45) is 2.97. The fourth-order valence-corrected chi connectivity index (χ4v) is 4.13. The molecule has 0 saturated carbocycles. The standard InChI is InChI=1S/C30H27F3/c1-3-4-21-6-13-24(14-7-21)27-18-16-25(29(32)30(27)33)15-10-22-8-11-23(12-9-22)26-17-5-20(2)19-28(26)31/h5-9,11-14,16-19H,3-4,10,15H2,1-2H3. The minimum atomic E-state index is -0.805. The summed E-state index contributed by atoms with van der Waals surface area (Å²) in [6, 6.07) is 23.7. The minimum Gasteiger partial charge on any atom is -0.206 e. The van der Waals surface area contributed by atoms with Crippen molar-refractivity contribution < 1.29 is 13.2 Å². The molecule has 0 bridgehead atoms. The van der Waals surface area contributed by atoms with Crippen molar-refractivity contribution in [2.24, 2.45) is 0 Å². The third-order valence-corrected chi connectivity index (χ3v) is 6.04. The van der Waals surface area contributed by atoms with E-state index in [4.69, 9.17) is 0 Å². The molecule has 0 heterocycles. The molecule has 0 atom stereocenters. The van der Waals surface area contributed by atoms with Crippen molar-refractivity contribution in [1.29, 1.82) is 0 Å². The first-order valence-electron chi connectivity index (χ1n) is 11.4. The fraction of sp³-hybridized carbons (Fsp3) is 0.200. The van der Waals surface area contributed by atoms with Gasteiger partial charge in [0.15, 0.2) is 11.6 Å². The molecule has 0 aromatic heterocycles. The lowest BCUT2D eigenvalue weighted by molar-refractivity contribution is 0.501. The summed E-state index contributed by atoms with van der Waals surface area (Å²) in [6.45, 7) is 3.97. The van der Waals surface area contributed by atoms with Crippen LogP contribution in [0.5, 0.6) is 0 Å². The molecule has 0 spiro atoms. The van der Waals surface area contributed by atoms with Crippen molar-refractivity contribution in [3.63, 3.8) is 0 Å². The topological polar surface area (TPSA) is 0 Å². The predicted molar refractivity (Wildman–Crippen MR) is 130 cm³/mol. The van der Waals surface area contributed by atoms with Crippen molar-refractivity contribution in [2.75, 3.05) is 0 Å². The van der Waals surface area contributed by atoms with Crippen LogP contribution in [-0.4, -0.2) is 0 Å². The van der Waals surface area contributed by atoms with Crippen LogP contribution < -0.4 is 0 Å². The van der Waals surface area contributed by atoms with E-state index in [0.29, 0.717) is 29.5 Å². The maximum Gasteiger partial charge on any atom is 0.166 e. The molecule has 0 aliphatic heterocycles. The molecule has 4 aromatic rings. The Morgan fingerprint density at radius 2 is 1.15 bits per heavy atom. The highest BCUT2D eigenvalue weighted by Crippen LogP contribution is 2.28. The van der Waals surface area contributed by atoms with Gasteiger partial charge < -0.3 is 0 Å². The van der Waals surface area contributed by atoms with E-state index >= 15 is 0 Å². The molecule has 0 saturated heterocycles. The zero-order chi connectivity index (χ0) is 23.4. The van der Waals surface area contributed by atoms with E-state index in [2.05, 4.69) is 6.92 Å². The van der Waals surface area contributed by atoms with Gasteiger partial charge in [0.1, 0.15) is 5.82 Å². The average molecular weight is 445 g/mol. The van der Waals surface area contributed by atoms with Gasteiger partial charge in [0, 0.05) is 11.1 Å². The van der Waals surface area contributed by atoms with E-state index < -0.39 is 11.6 Å². The molecule has 4 rings (SSSR count). The van der Waals surface area contributed by atoms with Gasteiger partial charge in [-0.25, -0.2) is 13.2 Å². The van der Waals surface area contributed by atoms with E-state index in [1.54, 1.807) is 18.2 Å². The number of rotatable bonds is 7. The Kier molecular flexibility index (Phi) is 6.98. The monoisotopic (exact) mass is 444 g/mol. The Bertz CT molecular complexity index is 1240. The quantitative estimate of drug-likeness (QED) is 0.268. The molecule has 33 heavy (non-hydrogen) atoms. The second-order valence-electron chi connectivity index (χ2n) is 8.53. The highest BCUT2D eigenvalue weighted by atomic mass is 19.2. The van der Waals surface area contributed by atoms with Crippen molar-refractivity contribution in [3.05, 3.63) is 119 Å². The highest BCUT2D eigenvalue weighted by Gasteiger charge is 2.15. The molecule has 0 amide bonds. The molecular formula is C30H27F3. The number of aryl methyl sites for hydroxylation is 4. The molecule has 0 unspecified atom stereocenters. The zero-order valence-electron chi connectivity index (χ0n) is 19.0. The Balaban J connectivity index is 1.46. The van der Waals surface area contributed by atoms with Crippen LogP contribution in [0.4, 0.5) is 13.2 Å². The van der Waals surface area contributed by atoms with Gasteiger partial charge in [-0.05, 0) is 65.6 Å². The second-order valence-corrected chi connectivity index (χ2v) is 8.53. The van der Waals surface area contributed by atoms with Crippen molar-refractivity contribution in [3.8, 4) is 22.3 Å². The zero-order valence-corrected chi connectivity index (χ0v) is 19.0. The lowest BCUT2D eigenvalue weighted by Gasteiger charge is -2.10. The highest BCUT2D eigenvalue weighted by molar-refractivity contribution is 5.66. The minimum absolute atomic E-state index is 0.250. The van der Waals surface area contributed by atoms with E-state index in [9.17, 15) is 13.2 Å². The van der Waals surface area contributed by atoms with Gasteiger partial charge in [-0.3, -0.25) is 0 Å². The largest absolute Gasteiger partial charge is 0.206 e. The van der Waals surface area contributed by atoms with E-state index in [0.717, 1.165) is 29.5 Å². The summed E-state index contributed by atoms with van der Waals surface area (Å²) in [7, 11) is 0. The molecule has 168 valence electrons. The Morgan fingerprint density at radius 1 is 0.576 bits per heavy atom. The van der Waals surface area contributed by atoms with Gasteiger partial charge in [-0.15, -0.1) is 0 Å². The number of hydrogen-bond donors (Lipinski definition) is 0. The van der Waals surface area contributed by atoms with Gasteiger partial charge in [0.2, 0.25) is 0 Å². The third kappa shape index (κ3) is 5.19. The molecule has 3 heteroatoms. The van der Waals surface area contributed by atoms with E-state index in [1.807, 2.05) is 61.5 Å². The number of hydrogen-bond acceptors (Lipinski definition) is 0. The lowest BCUT2D eigenvalue weighted by Crippen LogP contribution is -2.00. The van der Waals surface area contributed by atoms with Gasteiger partial charge in [0.05, 0.1) is 0 Å². The Morgan fingerprint density at radius 3 is 1.76 bits per heavy atom. The van der Waals surface area contributed by atoms with Crippen molar-refractivity contribution in [2.45, 2.75) is 39.5 Å². The first-order valence-corrected chi connectivity index (χ1v) is 11.4. The number of benzene rings is 4. The molecule has 0 fully saturated rings. The molecule has 0 aliphatic rings. The van der Waals surface area contributed by atoms with Gasteiger partial charge in [0.25, 0.3) is 0 Å². The van der Waals surface area contributed by atoms with Crippen LogP contribution >= 0.6 is 0 Å². The van der Waals surface area contributed by atoms with Crippen molar-refractivity contribution >= 4 is 0 Å². The third-order valence-electron chi connectivity index (χ3n) is 6.04. The molecule has 0 N–H and O–H groups in total. The van der Waals surface area contributed by atoms with Gasteiger partial charge >= 0.3 is 0 Å². The van der Waals surface area contributed by atoms with Crippen LogP contribution in [0, 0.1) is 24.4 Å². The van der Waals surface area contributed by atoms with Crippen LogP contribution in [0.2, 0.25) is 0 Å². The predicted octanol–water partition coefficient (Wildman–Crippen LogP) is 8.48. The summed E-state index contributed by atoms with van der Waals surface area (Å²) < 4.78 is 43.8. The molecular weight excluding hydrogens is 417 g/mol. The van der Waals surface area contributed by atoms with Gasteiger partial charge in [-0.1, -0.05) is 86.1 Å². The van der Waals surface area contributed by atoms with Crippen LogP contribution in [-0.2, 0) is 19.3 Å². The lowest BCUT2D eigenvalue weighted by atomic mass is 9.97. The molecule has 4 aromatic carbocycles. The first-order chi connectivity index (χ1) is 16.0. The summed E-state index contributed by atoms with van der Waals surface area (Å²) in [5.41, 5.74) is 5.72. The van der Waals surface area contributed by atoms with E-state index in [1.165, 1.54) is 11.6 Å². The summed E-state index contributed by atoms with van der Waals surface area (Å²) in [5.74, 6) is -1.84. The smallest absolute Gasteiger partial charge is 0.166 e. The average Bonchev–Trinajstić information content (AvgIpc) is 2.81. The van der Waals surface area contributed by atoms with Crippen LogP contribution in [0.3, 0.4) is 0 Å². The molecule has 0 nitrogen and oxygen atoms in total. The maximum atomic E-state index is 14.8. The van der Waals surface area contributed by atoms with Crippen LogP contribution in [0.1, 0.15) is 35.6 Å². The summed E-state index contributed by atoms with van der Waals surface area (Å²) in [5, 5.41) is 0. The van der Waals surface area contributed by atoms with Crippen LogP contribution in [0.25, 0.3) is 22.3 Å². The summed E-state index contributed by atoms with van der Waals surface area (Å²) >= 11 is 0. The molecule has 0 aliphatic carbocycles.